The van der Waals surface area contributed by atoms with Gasteiger partial charge >= 0.3 is 0 Å². The van der Waals surface area contributed by atoms with Gasteiger partial charge in [0.05, 0.1) is 6.54 Å². The monoisotopic (exact) mass is 290 g/mol. The molecule has 0 unspecified atom stereocenters. The van der Waals surface area contributed by atoms with Gasteiger partial charge in [-0.1, -0.05) is 12.1 Å². The van der Waals surface area contributed by atoms with Gasteiger partial charge in [0, 0.05) is 45.3 Å². The van der Waals surface area contributed by atoms with E-state index in [1.807, 2.05) is 12.1 Å². The summed E-state index contributed by atoms with van der Waals surface area (Å²) in [7, 11) is 1.80. The third kappa shape index (κ3) is 4.54. The van der Waals surface area contributed by atoms with E-state index < -0.39 is 5.91 Å². The molecule has 0 bridgehead atoms. The number of rotatable bonds is 5. The fourth-order valence-electron chi connectivity index (χ4n) is 2.32. The van der Waals surface area contributed by atoms with E-state index >= 15 is 0 Å². The normalized spacial score (nSPS) is 15.7. The van der Waals surface area contributed by atoms with E-state index in [-0.39, 0.29) is 5.91 Å². The lowest BCUT2D eigenvalue weighted by atomic mass is 10.1. The summed E-state index contributed by atoms with van der Waals surface area (Å²) in [5.41, 5.74) is 6.67. The molecule has 1 aromatic carbocycles. The van der Waals surface area contributed by atoms with Crippen molar-refractivity contribution < 1.29 is 9.59 Å². The highest BCUT2D eigenvalue weighted by atomic mass is 16.2. The van der Waals surface area contributed by atoms with Crippen LogP contribution >= 0.6 is 0 Å². The number of benzene rings is 1. The van der Waals surface area contributed by atoms with Crippen molar-refractivity contribution in [3.8, 4) is 0 Å². The maximum atomic E-state index is 12.2. The van der Waals surface area contributed by atoms with Gasteiger partial charge < -0.3 is 16.0 Å². The largest absolute Gasteiger partial charge is 0.366 e. The zero-order valence-electron chi connectivity index (χ0n) is 12.3. The summed E-state index contributed by atoms with van der Waals surface area (Å²) in [6.45, 7) is 4.68. The van der Waals surface area contributed by atoms with E-state index in [1.165, 1.54) is 0 Å². The van der Waals surface area contributed by atoms with Crippen molar-refractivity contribution in [3.05, 3.63) is 35.4 Å². The third-order valence-electron chi connectivity index (χ3n) is 3.65. The van der Waals surface area contributed by atoms with Crippen LogP contribution in [0.15, 0.2) is 24.3 Å². The Kier molecular flexibility index (Phi) is 5.30. The SMILES string of the molecule is CN(Cc1ccc(C(N)=O)cc1)C(=O)CN1CCNCC1. The van der Waals surface area contributed by atoms with E-state index in [2.05, 4.69) is 10.2 Å². The number of carbonyl (C=O) groups is 2. The predicted molar refractivity (Wildman–Crippen MR) is 80.7 cm³/mol. The summed E-state index contributed by atoms with van der Waals surface area (Å²) in [6.07, 6.45) is 0. The van der Waals surface area contributed by atoms with Gasteiger partial charge in [0.15, 0.2) is 0 Å². The molecule has 0 atom stereocenters. The number of piperazine rings is 1. The molecule has 1 heterocycles. The summed E-state index contributed by atoms with van der Waals surface area (Å²) in [5.74, 6) is -0.333. The van der Waals surface area contributed by atoms with Crippen LogP contribution in [0.3, 0.4) is 0 Å². The first-order valence-electron chi connectivity index (χ1n) is 7.12. The lowest BCUT2D eigenvalue weighted by Gasteiger charge is -2.28. The topological polar surface area (TPSA) is 78.7 Å². The molecule has 1 saturated heterocycles. The minimum absolute atomic E-state index is 0.107. The average molecular weight is 290 g/mol. The van der Waals surface area contributed by atoms with E-state index in [9.17, 15) is 9.59 Å². The van der Waals surface area contributed by atoms with Gasteiger partial charge in [-0.2, -0.15) is 0 Å². The van der Waals surface area contributed by atoms with Crippen molar-refractivity contribution in [2.45, 2.75) is 6.54 Å². The van der Waals surface area contributed by atoms with Crippen LogP contribution in [0.2, 0.25) is 0 Å². The highest BCUT2D eigenvalue weighted by molar-refractivity contribution is 5.92. The lowest BCUT2D eigenvalue weighted by molar-refractivity contribution is -0.131. The molecule has 2 amide bonds. The van der Waals surface area contributed by atoms with E-state index in [0.717, 1.165) is 31.7 Å². The molecule has 0 aliphatic carbocycles. The Morgan fingerprint density at radius 2 is 1.86 bits per heavy atom. The van der Waals surface area contributed by atoms with Gasteiger partial charge in [-0.3, -0.25) is 14.5 Å². The molecule has 1 aliphatic rings. The zero-order valence-corrected chi connectivity index (χ0v) is 12.3. The van der Waals surface area contributed by atoms with E-state index in [4.69, 9.17) is 5.73 Å². The van der Waals surface area contributed by atoms with Gasteiger partial charge in [-0.05, 0) is 17.7 Å². The summed E-state index contributed by atoms with van der Waals surface area (Å²) in [5, 5.41) is 3.27. The van der Waals surface area contributed by atoms with Crippen LogP contribution in [-0.4, -0.2) is 61.4 Å². The van der Waals surface area contributed by atoms with Crippen LogP contribution < -0.4 is 11.1 Å². The van der Waals surface area contributed by atoms with Gasteiger partial charge in [-0.15, -0.1) is 0 Å². The summed E-state index contributed by atoms with van der Waals surface area (Å²) in [4.78, 5) is 27.1. The van der Waals surface area contributed by atoms with Crippen molar-refractivity contribution in [3.63, 3.8) is 0 Å². The van der Waals surface area contributed by atoms with Crippen LogP contribution in [0, 0.1) is 0 Å². The number of primary amides is 1. The van der Waals surface area contributed by atoms with Crippen molar-refractivity contribution in [1.82, 2.24) is 15.1 Å². The first-order valence-corrected chi connectivity index (χ1v) is 7.12. The lowest BCUT2D eigenvalue weighted by Crippen LogP contribution is -2.47. The molecule has 0 saturated carbocycles. The minimum Gasteiger partial charge on any atom is -0.366 e. The molecule has 0 radical (unpaired) electrons. The molecule has 1 aliphatic heterocycles. The van der Waals surface area contributed by atoms with E-state index in [1.54, 1.807) is 24.1 Å². The van der Waals surface area contributed by atoms with Crippen LogP contribution in [0.1, 0.15) is 15.9 Å². The molecule has 6 heteroatoms. The molecule has 114 valence electrons. The number of nitrogens with one attached hydrogen (secondary N) is 1. The first kappa shape index (κ1) is 15.5. The summed E-state index contributed by atoms with van der Waals surface area (Å²) >= 11 is 0. The molecule has 3 N–H and O–H groups in total. The molecule has 2 rings (SSSR count). The molecule has 0 spiro atoms. The molecule has 21 heavy (non-hydrogen) atoms. The first-order chi connectivity index (χ1) is 10.1. The second-order valence-electron chi connectivity index (χ2n) is 5.34. The predicted octanol–water partition coefficient (Wildman–Crippen LogP) is -0.351. The quantitative estimate of drug-likeness (QED) is 0.777. The Balaban J connectivity index is 1.86. The number of nitrogens with two attached hydrogens (primary N) is 1. The van der Waals surface area contributed by atoms with Crippen molar-refractivity contribution >= 4 is 11.8 Å². The number of hydrogen-bond donors (Lipinski definition) is 2. The molecule has 6 nitrogen and oxygen atoms in total. The smallest absolute Gasteiger partial charge is 0.248 e. The van der Waals surface area contributed by atoms with Crippen molar-refractivity contribution in [2.24, 2.45) is 5.73 Å². The molecule has 0 aromatic heterocycles. The molecular formula is C15H22N4O2. The Morgan fingerprint density at radius 1 is 1.24 bits per heavy atom. The Bertz CT molecular complexity index is 495. The minimum atomic E-state index is -0.440. The average Bonchev–Trinajstić information content (AvgIpc) is 2.48. The molecule has 1 aromatic rings. The van der Waals surface area contributed by atoms with Crippen LogP contribution in [0.25, 0.3) is 0 Å². The van der Waals surface area contributed by atoms with Crippen molar-refractivity contribution in [1.29, 1.82) is 0 Å². The standard InChI is InChI=1S/C15H22N4O2/c1-18(14(20)11-19-8-6-17-7-9-19)10-12-2-4-13(5-3-12)15(16)21/h2-5,17H,6-11H2,1H3,(H2,16,21). The van der Waals surface area contributed by atoms with Gasteiger partial charge in [0.2, 0.25) is 11.8 Å². The number of likely N-dealkylation sites (N-methyl/N-ethyl adjacent to an activating group) is 1. The maximum Gasteiger partial charge on any atom is 0.248 e. The number of amides is 2. The second kappa shape index (κ2) is 7.19. The van der Waals surface area contributed by atoms with Crippen LogP contribution in [0.5, 0.6) is 0 Å². The number of nitrogens with zero attached hydrogens (tertiary/aromatic N) is 2. The van der Waals surface area contributed by atoms with Gasteiger partial charge in [0.1, 0.15) is 0 Å². The third-order valence-corrected chi connectivity index (χ3v) is 3.65. The fraction of sp³-hybridized carbons (Fsp3) is 0.467. The van der Waals surface area contributed by atoms with Crippen molar-refractivity contribution in [2.75, 3.05) is 39.8 Å². The Morgan fingerprint density at radius 3 is 2.43 bits per heavy atom. The fourth-order valence-corrected chi connectivity index (χ4v) is 2.32. The highest BCUT2D eigenvalue weighted by Gasteiger charge is 2.16. The second-order valence-corrected chi connectivity index (χ2v) is 5.34. The maximum absolute atomic E-state index is 12.2. The Hall–Kier alpha value is -1.92. The number of hydrogen-bond acceptors (Lipinski definition) is 4. The van der Waals surface area contributed by atoms with Gasteiger partial charge in [-0.25, -0.2) is 0 Å². The summed E-state index contributed by atoms with van der Waals surface area (Å²) in [6, 6.07) is 7.03. The number of carbonyl (C=O) groups excluding carboxylic acids is 2. The highest BCUT2D eigenvalue weighted by Crippen LogP contribution is 2.07. The summed E-state index contributed by atoms with van der Waals surface area (Å²) < 4.78 is 0. The van der Waals surface area contributed by atoms with Crippen LogP contribution in [-0.2, 0) is 11.3 Å². The Labute approximate surface area is 124 Å². The zero-order chi connectivity index (χ0) is 15.2. The van der Waals surface area contributed by atoms with E-state index in [0.29, 0.717) is 18.7 Å². The van der Waals surface area contributed by atoms with Crippen LogP contribution in [0.4, 0.5) is 0 Å². The molecular weight excluding hydrogens is 268 g/mol. The molecule has 1 fully saturated rings. The van der Waals surface area contributed by atoms with Gasteiger partial charge in [0.25, 0.3) is 0 Å².